The first-order chi connectivity index (χ1) is 34.3. The van der Waals surface area contributed by atoms with Gasteiger partial charge in [0, 0.05) is 60.7 Å². The van der Waals surface area contributed by atoms with Crippen molar-refractivity contribution in [1.82, 2.24) is 4.57 Å². The average molecular weight is 934 g/mol. The number of anilines is 2. The van der Waals surface area contributed by atoms with Gasteiger partial charge in [0.25, 0.3) is 0 Å². The molecule has 0 spiro atoms. The molecule has 0 amide bonds. The summed E-state index contributed by atoms with van der Waals surface area (Å²) >= 11 is 0. The van der Waals surface area contributed by atoms with E-state index in [0.717, 1.165) is 39.1 Å². The first-order valence-electron chi connectivity index (χ1n) is 26.3. The summed E-state index contributed by atoms with van der Waals surface area (Å²) in [6, 6.07) is 55.6. The molecule has 0 saturated heterocycles. The van der Waals surface area contributed by atoms with Gasteiger partial charge < -0.3 is 14.3 Å². The summed E-state index contributed by atoms with van der Waals surface area (Å²) in [5.74, 6) is 0.881. The molecule has 4 heteroatoms. The van der Waals surface area contributed by atoms with E-state index in [9.17, 15) is 0 Å². The Morgan fingerprint density at radius 2 is 1.18 bits per heavy atom. The van der Waals surface area contributed by atoms with Crippen molar-refractivity contribution in [2.24, 2.45) is 0 Å². The third kappa shape index (κ3) is 6.05. The molecular weight excluding hydrogens is 872 g/mol. The highest BCUT2D eigenvalue weighted by Gasteiger charge is 2.44. The van der Waals surface area contributed by atoms with E-state index < -0.39 is 0 Å². The summed E-state index contributed by atoms with van der Waals surface area (Å²) in [4.78, 5) is 0. The fraction of sp³-hybridized carbons (Fsp3) is 0.265. The van der Waals surface area contributed by atoms with Gasteiger partial charge in [-0.15, -0.1) is 0 Å². The van der Waals surface area contributed by atoms with Gasteiger partial charge in [0.15, 0.2) is 7.28 Å². The number of hydrogen-bond donors (Lipinski definition) is 1. The number of rotatable bonds is 4. The summed E-state index contributed by atoms with van der Waals surface area (Å²) in [6.07, 6.45) is 2.38. The second-order valence-electron chi connectivity index (χ2n) is 25.1. The molecule has 72 heavy (non-hydrogen) atoms. The molecule has 1 aliphatic heterocycles. The smallest absolute Gasteiger partial charge is 0.198 e. The average Bonchev–Trinajstić information content (AvgIpc) is 4.05. The lowest BCUT2D eigenvalue weighted by Gasteiger charge is -2.42. The predicted octanol–water partition coefficient (Wildman–Crippen LogP) is 16.8. The highest BCUT2D eigenvalue weighted by atomic mass is 16.3. The molecule has 0 bridgehead atoms. The maximum absolute atomic E-state index is 6.73. The van der Waals surface area contributed by atoms with E-state index in [0.29, 0.717) is 0 Å². The van der Waals surface area contributed by atoms with Crippen LogP contribution in [0.25, 0.3) is 83.2 Å². The molecule has 14 rings (SSSR count). The van der Waals surface area contributed by atoms with E-state index >= 15 is 0 Å². The predicted molar refractivity (Wildman–Crippen MR) is 305 cm³/mol. The lowest BCUT2D eigenvalue weighted by atomic mass is 9.59. The molecule has 0 saturated carbocycles. The van der Waals surface area contributed by atoms with Crippen LogP contribution in [0, 0.1) is 0 Å². The summed E-state index contributed by atoms with van der Waals surface area (Å²) in [6.45, 7) is 26.4. The number of nitrogens with one attached hydrogen (secondary N) is 1. The highest BCUT2D eigenvalue weighted by Crippen LogP contribution is 2.57. The minimum atomic E-state index is -0.196. The zero-order valence-corrected chi connectivity index (χ0v) is 43.7. The Hall–Kier alpha value is -7.04. The summed E-state index contributed by atoms with van der Waals surface area (Å²) in [5, 5.41) is 7.70. The summed E-state index contributed by atoms with van der Waals surface area (Å²) in [5.41, 5.74) is 27.9. The summed E-state index contributed by atoms with van der Waals surface area (Å²) < 4.78 is 9.32. The van der Waals surface area contributed by atoms with Crippen LogP contribution in [-0.2, 0) is 27.1 Å². The van der Waals surface area contributed by atoms with Gasteiger partial charge in [-0.1, -0.05) is 167 Å². The molecule has 1 radical (unpaired) electrons. The van der Waals surface area contributed by atoms with Crippen LogP contribution in [0.4, 0.5) is 11.4 Å². The van der Waals surface area contributed by atoms with Crippen molar-refractivity contribution in [3.8, 4) is 50.4 Å². The number of nitrogens with zero attached hydrogens (tertiary/aromatic N) is 1. The van der Waals surface area contributed by atoms with Gasteiger partial charge in [-0.25, -0.2) is 0 Å². The molecule has 4 aliphatic rings. The van der Waals surface area contributed by atoms with Crippen LogP contribution in [0.15, 0.2) is 150 Å². The Kier molecular flexibility index (Phi) is 8.71. The van der Waals surface area contributed by atoms with Crippen molar-refractivity contribution in [3.63, 3.8) is 0 Å². The molecule has 3 heterocycles. The van der Waals surface area contributed by atoms with Crippen LogP contribution in [-0.4, -0.2) is 11.8 Å². The van der Waals surface area contributed by atoms with Gasteiger partial charge >= 0.3 is 0 Å². The van der Waals surface area contributed by atoms with Gasteiger partial charge in [-0.05, 0) is 162 Å². The van der Waals surface area contributed by atoms with Crippen LogP contribution >= 0.6 is 0 Å². The van der Waals surface area contributed by atoms with Crippen LogP contribution < -0.4 is 16.2 Å². The number of furan rings is 1. The lowest BCUT2D eigenvalue weighted by molar-refractivity contribution is 0.331. The molecule has 10 aromatic rings. The van der Waals surface area contributed by atoms with Gasteiger partial charge in [-0.2, -0.15) is 0 Å². The molecule has 0 unspecified atom stereocenters. The highest BCUT2D eigenvalue weighted by molar-refractivity contribution is 6.73. The van der Waals surface area contributed by atoms with Gasteiger partial charge in [0.1, 0.15) is 11.3 Å². The quantitative estimate of drug-likeness (QED) is 0.178. The minimum Gasteiger partial charge on any atom is -0.456 e. The topological polar surface area (TPSA) is 30.1 Å². The maximum Gasteiger partial charge on any atom is 0.198 e. The van der Waals surface area contributed by atoms with Crippen LogP contribution in [0.1, 0.15) is 128 Å². The van der Waals surface area contributed by atoms with Crippen molar-refractivity contribution in [2.75, 3.05) is 5.32 Å². The maximum atomic E-state index is 6.73. The normalized spacial score (nSPS) is 17.0. The van der Waals surface area contributed by atoms with E-state index in [1.54, 1.807) is 0 Å². The van der Waals surface area contributed by atoms with Crippen molar-refractivity contribution in [3.05, 3.63) is 185 Å². The van der Waals surface area contributed by atoms with Crippen molar-refractivity contribution in [1.29, 1.82) is 0 Å². The van der Waals surface area contributed by atoms with Crippen LogP contribution in [0.2, 0.25) is 0 Å². The second kappa shape index (κ2) is 14.3. The van der Waals surface area contributed by atoms with Crippen LogP contribution in [0.3, 0.4) is 0 Å². The molecule has 3 nitrogen and oxygen atoms in total. The number of hydrogen-bond acceptors (Lipinski definition) is 2. The third-order valence-electron chi connectivity index (χ3n) is 18.0. The van der Waals surface area contributed by atoms with Crippen LogP contribution in [0.5, 0.6) is 0 Å². The largest absolute Gasteiger partial charge is 0.456 e. The van der Waals surface area contributed by atoms with E-state index in [-0.39, 0.29) is 27.1 Å². The van der Waals surface area contributed by atoms with E-state index in [1.165, 1.54) is 118 Å². The number of aromatic nitrogens is 1. The first-order valence-corrected chi connectivity index (χ1v) is 26.3. The summed E-state index contributed by atoms with van der Waals surface area (Å²) in [7, 11) is 2.46. The Labute approximate surface area is 425 Å². The minimum absolute atomic E-state index is 0.0572. The van der Waals surface area contributed by atoms with Gasteiger partial charge in [-0.3, -0.25) is 0 Å². The third-order valence-corrected chi connectivity index (χ3v) is 18.0. The molecule has 353 valence electrons. The molecule has 3 aliphatic carbocycles. The second-order valence-corrected chi connectivity index (χ2v) is 25.1. The zero-order valence-electron chi connectivity index (χ0n) is 43.7. The first kappa shape index (κ1) is 43.7. The van der Waals surface area contributed by atoms with E-state index in [1.807, 2.05) is 0 Å². The lowest BCUT2D eigenvalue weighted by Crippen LogP contribution is -2.37. The monoisotopic (exact) mass is 933 g/mol. The van der Waals surface area contributed by atoms with E-state index in [4.69, 9.17) is 4.42 Å². The van der Waals surface area contributed by atoms with Gasteiger partial charge in [0.2, 0.25) is 0 Å². The SMILES string of the molecule is CC(C)(C)c1ccc(Nc2cc3c(cc2-c2ccc4c5cc6c(cc5n5c4c2[B]c2cc4oc(-c7ccccc7)cc4cc2-5)C(C)(C)c2ccccc2-6)-c2cc4c(cc2C3(C)C)C(C)(C)CCC4(C)C)cc1. The van der Waals surface area contributed by atoms with Crippen molar-refractivity contribution in [2.45, 2.75) is 116 Å². The molecule has 1 N–H and O–H groups in total. The van der Waals surface area contributed by atoms with E-state index in [2.05, 4.69) is 239 Å². The molecule has 8 aromatic carbocycles. The van der Waals surface area contributed by atoms with Crippen molar-refractivity contribution >= 4 is 62.4 Å². The molecule has 2 aromatic heterocycles. The Bertz CT molecular complexity index is 4000. The Balaban J connectivity index is 1.05. The van der Waals surface area contributed by atoms with Gasteiger partial charge in [0.05, 0.1) is 5.52 Å². The number of fused-ring (bicyclic) bond motifs is 13. The fourth-order valence-electron chi connectivity index (χ4n) is 13.6. The number of benzene rings is 8. The molecular formula is C68H62BN2O. The fourth-order valence-corrected chi connectivity index (χ4v) is 13.6. The Morgan fingerprint density at radius 1 is 0.528 bits per heavy atom. The molecule has 0 atom stereocenters. The molecule has 0 fully saturated rings. The standard InChI is InChI=1S/C68H62BN2O/c1-64(2,3)40-21-23-41(24-22-40)70-57-35-52-46(47-33-54-55(34-51(47)68(52,10)11)66(6,7)28-27-65(54,4)5)31-48(57)43-25-26-44-49-32-45-42-19-15-16-20-50(42)67(8,9)53(45)36-58(49)71-59-29-39-30-60(38-17-13-12-14-18-38)72-61(39)37-56(59)69-62(43)63(44)71/h12-26,29-37,70H,27-28H2,1-11H3. The van der Waals surface area contributed by atoms with Crippen molar-refractivity contribution < 1.29 is 4.42 Å². The Morgan fingerprint density at radius 3 is 1.93 bits per heavy atom. The zero-order chi connectivity index (χ0) is 49.6.